The van der Waals surface area contributed by atoms with Crippen LogP contribution in [0.25, 0.3) is 0 Å². The molecule has 0 spiro atoms. The predicted octanol–water partition coefficient (Wildman–Crippen LogP) is 5.95. The summed E-state index contributed by atoms with van der Waals surface area (Å²) in [4.78, 5) is 0. The third-order valence-electron chi connectivity index (χ3n) is 5.99. The standard InChI is InChI=1S/C24H24F2IP/c25-23-16-19(17-24(23)26)18-28(27,20-10-4-1-5-11-20,21-12-6-2-7-13-21)22-14-8-3-9-15-22/h1-15,19,23-24H,16-18H2. The molecule has 3 aromatic carbocycles. The zero-order chi connectivity index (χ0) is 19.6. The molecular formula is C24H24F2IP. The molecule has 0 aromatic heterocycles. The Morgan fingerprint density at radius 2 is 0.964 bits per heavy atom. The van der Waals surface area contributed by atoms with Crippen molar-refractivity contribution in [1.82, 2.24) is 0 Å². The van der Waals surface area contributed by atoms with Crippen LogP contribution in [-0.2, 0) is 0 Å². The van der Waals surface area contributed by atoms with Crippen molar-refractivity contribution in [2.45, 2.75) is 25.2 Å². The van der Waals surface area contributed by atoms with Gasteiger partial charge in [-0.25, -0.2) is 0 Å². The maximum atomic E-state index is 14.1. The molecule has 146 valence electrons. The van der Waals surface area contributed by atoms with E-state index in [1.54, 1.807) is 0 Å². The summed E-state index contributed by atoms with van der Waals surface area (Å²) in [5, 5.41) is 3.80. The molecule has 0 aliphatic heterocycles. The van der Waals surface area contributed by atoms with E-state index in [2.05, 4.69) is 94.8 Å². The number of alkyl halides is 2. The Balaban J connectivity index is 1.98. The molecule has 1 saturated carbocycles. The van der Waals surface area contributed by atoms with Crippen LogP contribution in [0, 0.1) is 5.92 Å². The van der Waals surface area contributed by atoms with Gasteiger partial charge < -0.3 is 0 Å². The average molecular weight is 508 g/mol. The van der Waals surface area contributed by atoms with Gasteiger partial charge in [0, 0.05) is 0 Å². The minimum absolute atomic E-state index is 0.0279. The Morgan fingerprint density at radius 3 is 1.29 bits per heavy atom. The molecule has 1 aliphatic carbocycles. The molecule has 0 N–H and O–H groups in total. The molecule has 0 amide bonds. The van der Waals surface area contributed by atoms with Crippen molar-refractivity contribution in [1.29, 1.82) is 0 Å². The Kier molecular flexibility index (Phi) is 5.59. The minimum atomic E-state index is -2.93. The topological polar surface area (TPSA) is 0 Å². The third-order valence-corrected chi connectivity index (χ3v) is 17.5. The molecule has 0 nitrogen and oxygen atoms in total. The van der Waals surface area contributed by atoms with E-state index >= 15 is 0 Å². The zero-order valence-electron chi connectivity index (χ0n) is 15.6. The van der Waals surface area contributed by atoms with Gasteiger partial charge in [0.05, 0.1) is 0 Å². The van der Waals surface area contributed by atoms with Crippen LogP contribution in [-0.4, -0.2) is 18.5 Å². The van der Waals surface area contributed by atoms with Crippen molar-refractivity contribution in [3.8, 4) is 0 Å². The summed E-state index contributed by atoms with van der Waals surface area (Å²) < 4.78 is 25.3. The van der Waals surface area contributed by atoms with E-state index in [1.807, 2.05) is 18.2 Å². The second-order valence-corrected chi connectivity index (χ2v) is 18.4. The Bertz CT molecular complexity index is 808. The maximum absolute atomic E-state index is 14.1. The van der Waals surface area contributed by atoms with Crippen LogP contribution >= 0.6 is 26.3 Å². The van der Waals surface area contributed by atoms with Crippen molar-refractivity contribution in [2.24, 2.45) is 5.92 Å². The fourth-order valence-electron chi connectivity index (χ4n) is 4.64. The van der Waals surface area contributed by atoms with Gasteiger partial charge in [-0.05, 0) is 0 Å². The Hall–Kier alpha value is -1.32. The molecule has 0 bridgehead atoms. The van der Waals surface area contributed by atoms with E-state index in [9.17, 15) is 8.78 Å². The second kappa shape index (κ2) is 7.84. The molecule has 28 heavy (non-hydrogen) atoms. The van der Waals surface area contributed by atoms with Crippen LogP contribution < -0.4 is 15.9 Å². The molecule has 0 saturated heterocycles. The van der Waals surface area contributed by atoms with Gasteiger partial charge in [-0.2, -0.15) is 0 Å². The van der Waals surface area contributed by atoms with Gasteiger partial charge in [0.1, 0.15) is 0 Å². The molecule has 4 rings (SSSR count). The third kappa shape index (κ3) is 3.31. The second-order valence-electron chi connectivity index (χ2n) is 7.74. The van der Waals surface area contributed by atoms with Crippen molar-refractivity contribution in [3.63, 3.8) is 0 Å². The molecule has 0 heterocycles. The zero-order valence-corrected chi connectivity index (χ0v) is 18.6. The fourth-order valence-corrected chi connectivity index (χ4v) is 14.4. The Morgan fingerprint density at radius 1 is 0.643 bits per heavy atom. The van der Waals surface area contributed by atoms with Crippen LogP contribution in [0.3, 0.4) is 0 Å². The van der Waals surface area contributed by atoms with Gasteiger partial charge in [-0.3, -0.25) is 0 Å². The average Bonchev–Trinajstić information content (AvgIpc) is 3.06. The first-order chi connectivity index (χ1) is 13.5. The summed E-state index contributed by atoms with van der Waals surface area (Å²) in [6, 6.07) is 31.7. The summed E-state index contributed by atoms with van der Waals surface area (Å²) >= 11 is 2.70. The number of benzene rings is 3. The van der Waals surface area contributed by atoms with Crippen LogP contribution in [0.2, 0.25) is 0 Å². The van der Waals surface area contributed by atoms with E-state index in [0.29, 0.717) is 12.8 Å². The fraction of sp³-hybridized carbons (Fsp3) is 0.250. The summed E-state index contributed by atoms with van der Waals surface area (Å²) in [7, 11) is 0. The van der Waals surface area contributed by atoms with Gasteiger partial charge in [-0.15, -0.1) is 0 Å². The molecule has 0 radical (unpaired) electrons. The quantitative estimate of drug-likeness (QED) is 0.295. The number of hydrogen-bond acceptors (Lipinski definition) is 0. The monoisotopic (exact) mass is 508 g/mol. The van der Waals surface area contributed by atoms with Gasteiger partial charge in [-0.1, -0.05) is 0 Å². The van der Waals surface area contributed by atoms with E-state index in [4.69, 9.17) is 0 Å². The SMILES string of the molecule is FC1CC(CP(I)(c2ccccc2)(c2ccccc2)c2ccccc2)CC1F. The van der Waals surface area contributed by atoms with Crippen molar-refractivity contribution in [2.75, 3.05) is 6.16 Å². The van der Waals surface area contributed by atoms with Crippen molar-refractivity contribution in [3.05, 3.63) is 91.0 Å². The molecule has 3 aromatic rings. The molecule has 2 unspecified atom stereocenters. The summed E-state index contributed by atoms with van der Waals surface area (Å²) in [5.41, 5.74) is 0. The normalized spacial score (nSPS) is 23.8. The molecular weight excluding hydrogens is 484 g/mol. The van der Waals surface area contributed by atoms with Gasteiger partial charge in [0.2, 0.25) is 0 Å². The predicted molar refractivity (Wildman–Crippen MR) is 127 cm³/mol. The van der Waals surface area contributed by atoms with E-state index < -0.39 is 16.6 Å². The molecule has 1 fully saturated rings. The first-order valence-electron chi connectivity index (χ1n) is 9.70. The van der Waals surface area contributed by atoms with Gasteiger partial charge >= 0.3 is 179 Å². The first-order valence-corrected chi connectivity index (χ1v) is 14.9. The summed E-state index contributed by atoms with van der Waals surface area (Å²) in [6.45, 7) is 0. The van der Waals surface area contributed by atoms with Crippen LogP contribution in [0.1, 0.15) is 12.8 Å². The molecule has 1 aliphatic rings. The number of halogens is 3. The number of hydrogen-bond donors (Lipinski definition) is 0. The van der Waals surface area contributed by atoms with Crippen LogP contribution in [0.15, 0.2) is 91.0 Å². The van der Waals surface area contributed by atoms with E-state index in [1.165, 1.54) is 15.9 Å². The van der Waals surface area contributed by atoms with Crippen molar-refractivity contribution >= 4 is 42.2 Å². The molecule has 4 heteroatoms. The van der Waals surface area contributed by atoms with E-state index in [-0.39, 0.29) is 5.92 Å². The Labute approximate surface area is 178 Å². The van der Waals surface area contributed by atoms with Gasteiger partial charge in [0.15, 0.2) is 0 Å². The number of rotatable bonds is 5. The van der Waals surface area contributed by atoms with E-state index in [0.717, 1.165) is 6.16 Å². The van der Waals surface area contributed by atoms with Crippen LogP contribution in [0.4, 0.5) is 8.78 Å². The summed E-state index contributed by atoms with van der Waals surface area (Å²) in [6.07, 6.45) is -1.26. The van der Waals surface area contributed by atoms with Gasteiger partial charge in [0.25, 0.3) is 0 Å². The molecule has 2 atom stereocenters. The van der Waals surface area contributed by atoms with Crippen LogP contribution in [0.5, 0.6) is 0 Å². The summed E-state index contributed by atoms with van der Waals surface area (Å²) in [5.74, 6) is 0.0279. The first kappa shape index (κ1) is 20.0. The van der Waals surface area contributed by atoms with Crippen molar-refractivity contribution < 1.29 is 8.78 Å².